The van der Waals surface area contributed by atoms with Crippen LogP contribution in [0.4, 0.5) is 0 Å². The van der Waals surface area contributed by atoms with Crippen LogP contribution in [0.15, 0.2) is 24.3 Å². The lowest BCUT2D eigenvalue weighted by Crippen LogP contribution is -2.46. The van der Waals surface area contributed by atoms with Gasteiger partial charge in [0, 0.05) is 45.6 Å². The molecule has 0 radical (unpaired) electrons. The second kappa shape index (κ2) is 9.89. The number of carbonyl (C=O) groups is 2. The van der Waals surface area contributed by atoms with E-state index in [1.54, 1.807) is 14.0 Å². The van der Waals surface area contributed by atoms with Crippen LogP contribution in [-0.2, 0) is 14.3 Å². The number of nitrogens with one attached hydrogen (secondary N) is 1. The van der Waals surface area contributed by atoms with Crippen molar-refractivity contribution in [2.75, 3.05) is 53.0 Å². The maximum atomic E-state index is 12.7. The Morgan fingerprint density at radius 1 is 1.14 bits per heavy atom. The van der Waals surface area contributed by atoms with Crippen molar-refractivity contribution in [1.82, 2.24) is 15.1 Å². The van der Waals surface area contributed by atoms with Crippen LogP contribution in [0.2, 0.25) is 0 Å². The minimum Gasteiger partial charge on any atom is -0.497 e. The summed E-state index contributed by atoms with van der Waals surface area (Å²) < 4.78 is 10.8. The molecule has 2 aliphatic heterocycles. The van der Waals surface area contributed by atoms with Crippen molar-refractivity contribution in [2.45, 2.75) is 25.8 Å². The van der Waals surface area contributed by atoms with Gasteiger partial charge in [0.1, 0.15) is 5.75 Å². The van der Waals surface area contributed by atoms with Crippen molar-refractivity contribution in [3.05, 3.63) is 29.8 Å². The summed E-state index contributed by atoms with van der Waals surface area (Å²) in [5.41, 5.74) is 1.16. The van der Waals surface area contributed by atoms with Gasteiger partial charge in [-0.15, -0.1) is 0 Å². The van der Waals surface area contributed by atoms with Gasteiger partial charge >= 0.3 is 0 Å². The van der Waals surface area contributed by atoms with Gasteiger partial charge in [0.25, 0.3) is 0 Å². The molecule has 0 bridgehead atoms. The predicted molar refractivity (Wildman–Crippen MR) is 106 cm³/mol. The van der Waals surface area contributed by atoms with Crippen molar-refractivity contribution >= 4 is 11.8 Å². The van der Waals surface area contributed by atoms with Crippen molar-refractivity contribution in [3.8, 4) is 5.75 Å². The van der Waals surface area contributed by atoms with Gasteiger partial charge in [0.05, 0.1) is 26.4 Å². The summed E-state index contributed by atoms with van der Waals surface area (Å²) in [4.78, 5) is 28.4. The molecule has 1 N–H and O–H groups in total. The Kier molecular flexibility index (Phi) is 7.28. The first-order valence-corrected chi connectivity index (χ1v) is 10.1. The van der Waals surface area contributed by atoms with Gasteiger partial charge in [-0.1, -0.05) is 12.1 Å². The first-order valence-electron chi connectivity index (χ1n) is 10.1. The fourth-order valence-electron chi connectivity index (χ4n) is 3.97. The largest absolute Gasteiger partial charge is 0.497 e. The maximum Gasteiger partial charge on any atom is 0.223 e. The van der Waals surface area contributed by atoms with Crippen LogP contribution in [0.25, 0.3) is 0 Å². The smallest absolute Gasteiger partial charge is 0.223 e. The lowest BCUT2D eigenvalue weighted by atomic mass is 9.95. The van der Waals surface area contributed by atoms with Gasteiger partial charge in [0.15, 0.2) is 0 Å². The second-order valence-corrected chi connectivity index (χ2v) is 7.46. The highest BCUT2D eigenvalue weighted by Gasteiger charge is 2.28. The summed E-state index contributed by atoms with van der Waals surface area (Å²) in [6.45, 7) is 6.61. The van der Waals surface area contributed by atoms with E-state index in [0.29, 0.717) is 32.8 Å². The van der Waals surface area contributed by atoms with Crippen LogP contribution in [-0.4, -0.2) is 74.7 Å². The van der Waals surface area contributed by atoms with E-state index in [2.05, 4.69) is 22.3 Å². The van der Waals surface area contributed by atoms with Crippen LogP contribution < -0.4 is 10.1 Å². The third-order valence-corrected chi connectivity index (χ3v) is 5.77. The number of amides is 2. The average Bonchev–Trinajstić information content (AvgIpc) is 2.75. The molecule has 2 heterocycles. The van der Waals surface area contributed by atoms with Gasteiger partial charge in [-0.25, -0.2) is 0 Å². The fraction of sp³-hybridized carbons (Fsp3) is 0.619. The summed E-state index contributed by atoms with van der Waals surface area (Å²) >= 11 is 0. The van der Waals surface area contributed by atoms with E-state index in [0.717, 1.165) is 37.2 Å². The van der Waals surface area contributed by atoms with Crippen molar-refractivity contribution in [3.63, 3.8) is 0 Å². The third kappa shape index (κ3) is 5.23. The number of hydrogen-bond donors (Lipinski definition) is 1. The second-order valence-electron chi connectivity index (χ2n) is 7.46. The lowest BCUT2D eigenvalue weighted by molar-refractivity contribution is -0.134. The summed E-state index contributed by atoms with van der Waals surface area (Å²) in [5.74, 6) is 0.989. The Morgan fingerprint density at radius 2 is 1.79 bits per heavy atom. The van der Waals surface area contributed by atoms with E-state index >= 15 is 0 Å². The van der Waals surface area contributed by atoms with Crippen LogP contribution in [0.5, 0.6) is 5.75 Å². The van der Waals surface area contributed by atoms with Crippen molar-refractivity contribution in [2.24, 2.45) is 5.92 Å². The highest BCUT2D eigenvalue weighted by molar-refractivity contribution is 5.79. The minimum absolute atomic E-state index is 0.0168. The van der Waals surface area contributed by atoms with Crippen molar-refractivity contribution in [1.29, 1.82) is 0 Å². The number of nitrogens with zero attached hydrogens (tertiary/aromatic N) is 2. The fourth-order valence-corrected chi connectivity index (χ4v) is 3.97. The first kappa shape index (κ1) is 20.6. The zero-order chi connectivity index (χ0) is 19.9. The molecule has 28 heavy (non-hydrogen) atoms. The number of morpholine rings is 1. The van der Waals surface area contributed by atoms with E-state index in [-0.39, 0.29) is 23.8 Å². The zero-order valence-electron chi connectivity index (χ0n) is 16.9. The quantitative estimate of drug-likeness (QED) is 0.797. The number of rotatable bonds is 6. The van der Waals surface area contributed by atoms with Crippen LogP contribution in [0, 0.1) is 5.92 Å². The summed E-state index contributed by atoms with van der Waals surface area (Å²) in [6, 6.07) is 8.16. The molecule has 7 heteroatoms. The molecule has 2 amide bonds. The molecule has 154 valence electrons. The Labute approximate surface area is 167 Å². The highest BCUT2D eigenvalue weighted by Crippen LogP contribution is 2.24. The number of benzene rings is 1. The molecule has 1 atom stereocenters. The molecule has 0 saturated carbocycles. The third-order valence-electron chi connectivity index (χ3n) is 5.77. The molecule has 0 unspecified atom stereocenters. The standard InChI is InChI=1S/C21H31N3O4/c1-16(25)23-9-7-18(8-10-23)21(26)22-15-20(24-11-13-28-14-12-24)17-3-5-19(27-2)6-4-17/h3-6,18,20H,7-15H2,1-2H3,(H,22,26)/t20-/m1/s1. The number of ether oxygens (including phenoxy) is 2. The Bertz CT molecular complexity index is 650. The van der Waals surface area contributed by atoms with Gasteiger partial charge in [-0.05, 0) is 30.5 Å². The molecule has 1 aromatic carbocycles. The van der Waals surface area contributed by atoms with E-state index < -0.39 is 0 Å². The van der Waals surface area contributed by atoms with E-state index in [1.807, 2.05) is 17.0 Å². The Morgan fingerprint density at radius 3 is 2.36 bits per heavy atom. The molecule has 3 rings (SSSR count). The molecule has 0 aliphatic carbocycles. The van der Waals surface area contributed by atoms with E-state index in [9.17, 15) is 9.59 Å². The van der Waals surface area contributed by atoms with Gasteiger partial charge in [-0.2, -0.15) is 0 Å². The number of hydrogen-bond acceptors (Lipinski definition) is 5. The molecule has 1 aromatic rings. The number of piperidine rings is 1. The van der Waals surface area contributed by atoms with Gasteiger partial charge < -0.3 is 19.7 Å². The summed E-state index contributed by atoms with van der Waals surface area (Å²) in [5, 5.41) is 3.16. The van der Waals surface area contributed by atoms with Gasteiger partial charge in [-0.3, -0.25) is 14.5 Å². The van der Waals surface area contributed by atoms with E-state index in [1.165, 1.54) is 0 Å². The Hall–Kier alpha value is -2.12. The number of carbonyl (C=O) groups excluding carboxylic acids is 2. The number of likely N-dealkylation sites (tertiary alicyclic amines) is 1. The zero-order valence-corrected chi connectivity index (χ0v) is 16.9. The Balaban J connectivity index is 1.61. The molecule has 2 fully saturated rings. The molecule has 7 nitrogen and oxygen atoms in total. The average molecular weight is 389 g/mol. The highest BCUT2D eigenvalue weighted by atomic mass is 16.5. The van der Waals surface area contributed by atoms with Crippen molar-refractivity contribution < 1.29 is 19.1 Å². The molecule has 2 aliphatic rings. The summed E-state index contributed by atoms with van der Waals surface area (Å²) in [6.07, 6.45) is 1.46. The maximum absolute atomic E-state index is 12.7. The lowest BCUT2D eigenvalue weighted by Gasteiger charge is -2.36. The predicted octanol–water partition coefficient (Wildman–Crippen LogP) is 1.44. The van der Waals surface area contributed by atoms with Crippen LogP contribution in [0.3, 0.4) is 0 Å². The molecule has 2 saturated heterocycles. The summed E-state index contributed by atoms with van der Waals surface area (Å²) in [7, 11) is 1.66. The SMILES string of the molecule is COc1ccc([C@@H](CNC(=O)C2CCN(C(C)=O)CC2)N2CCOCC2)cc1. The van der Waals surface area contributed by atoms with E-state index in [4.69, 9.17) is 9.47 Å². The van der Waals surface area contributed by atoms with Crippen LogP contribution in [0.1, 0.15) is 31.4 Å². The molecule has 0 aromatic heterocycles. The minimum atomic E-state index is -0.0168. The van der Waals surface area contributed by atoms with Crippen LogP contribution >= 0.6 is 0 Å². The molecular formula is C21H31N3O4. The normalized spacial score (nSPS) is 19.9. The molecular weight excluding hydrogens is 358 g/mol. The topological polar surface area (TPSA) is 71.1 Å². The van der Waals surface area contributed by atoms with Gasteiger partial charge in [0.2, 0.25) is 11.8 Å². The molecule has 0 spiro atoms. The monoisotopic (exact) mass is 389 g/mol. The first-order chi connectivity index (χ1) is 13.6. The number of methoxy groups -OCH3 is 1.